The Morgan fingerprint density at radius 1 is 0.935 bits per heavy atom. The number of aliphatic imine (C=N–C) groups is 1. The Morgan fingerprint density at radius 2 is 1.61 bits per heavy atom. The molecule has 0 saturated carbocycles. The molecule has 6 bridgehead atoms. The van der Waals surface area contributed by atoms with Crippen molar-refractivity contribution in [2.75, 3.05) is 6.61 Å². The number of nitrogens with zero attached hydrogens (tertiary/aromatic N) is 1. The van der Waals surface area contributed by atoms with E-state index in [2.05, 4.69) is 4.99 Å². The Bertz CT molecular complexity index is 1670. The summed E-state index contributed by atoms with van der Waals surface area (Å²) in [6.07, 6.45) is 3.75. The largest absolute Gasteiger partial charge is 0.508 e. The Balaban J connectivity index is 1.51. The van der Waals surface area contributed by atoms with E-state index in [0.29, 0.717) is 37.9 Å². The van der Waals surface area contributed by atoms with Gasteiger partial charge in [0, 0.05) is 18.1 Å². The molecule has 7 atom stereocenters. The molecule has 1 aliphatic carbocycles. The highest BCUT2D eigenvalue weighted by atomic mass is 32.2. The average Bonchev–Trinajstić information content (AvgIpc) is 3.16. The van der Waals surface area contributed by atoms with Crippen molar-refractivity contribution >= 4 is 16.1 Å². The molecule has 9 rings (SSSR count). The van der Waals surface area contributed by atoms with E-state index in [1.165, 1.54) is 0 Å². The van der Waals surface area contributed by atoms with Crippen molar-refractivity contribution in [3.8, 4) is 11.5 Å². The number of fused-ring (bicyclic) bond motifs is 2. The van der Waals surface area contributed by atoms with E-state index in [0.717, 1.165) is 27.8 Å². The first-order chi connectivity index (χ1) is 22.1. The van der Waals surface area contributed by atoms with Gasteiger partial charge in [-0.05, 0) is 96.9 Å². The number of aliphatic hydroxyl groups excluding tert-OH is 1. The second kappa shape index (κ2) is 13.4. The number of guanidine groups is 1. The molecule has 3 aromatic carbocycles. The fourth-order valence-electron chi connectivity index (χ4n) is 7.44. The van der Waals surface area contributed by atoms with E-state index in [1.807, 2.05) is 54.6 Å². The number of phenols is 1. The van der Waals surface area contributed by atoms with Gasteiger partial charge in [-0.3, -0.25) is 4.55 Å². The second-order valence-corrected chi connectivity index (χ2v) is 14.2. The lowest BCUT2D eigenvalue weighted by Crippen LogP contribution is -2.38. The maximum Gasteiger partial charge on any atom is 0.268 e. The van der Waals surface area contributed by atoms with Gasteiger partial charge in [-0.25, -0.2) is 4.99 Å². The summed E-state index contributed by atoms with van der Waals surface area (Å²) in [5.41, 5.74) is 15.9. The van der Waals surface area contributed by atoms with Crippen molar-refractivity contribution in [2.45, 2.75) is 68.1 Å². The molecule has 46 heavy (non-hydrogen) atoms. The van der Waals surface area contributed by atoms with Crippen molar-refractivity contribution < 1.29 is 32.7 Å². The van der Waals surface area contributed by atoms with Crippen LogP contribution in [0.4, 0.5) is 0 Å². The van der Waals surface area contributed by atoms with Crippen LogP contribution >= 0.6 is 0 Å². The van der Waals surface area contributed by atoms with Gasteiger partial charge >= 0.3 is 0 Å². The van der Waals surface area contributed by atoms with Crippen molar-refractivity contribution in [3.63, 3.8) is 0 Å². The van der Waals surface area contributed by atoms with E-state index in [4.69, 9.17) is 20.9 Å². The SMILES string of the molecule is NC(N)=NC1Oc2ccc(cc2)CCC(S(=O)(=O)O)C2C=C3CC(CC(CCCO)OC3c3ccc(O)cc3)C2c2ccc1cc2. The summed E-state index contributed by atoms with van der Waals surface area (Å²) in [4.78, 5) is 4.32. The second-order valence-electron chi connectivity index (χ2n) is 12.6. The predicted molar refractivity (Wildman–Crippen MR) is 175 cm³/mol. The van der Waals surface area contributed by atoms with Crippen LogP contribution in [0.25, 0.3) is 0 Å². The van der Waals surface area contributed by atoms with Crippen LogP contribution in [-0.4, -0.2) is 47.1 Å². The summed E-state index contributed by atoms with van der Waals surface area (Å²) in [6.45, 7) is 0.0371. The highest BCUT2D eigenvalue weighted by Gasteiger charge is 2.46. The molecule has 3 aromatic rings. The third kappa shape index (κ3) is 7.07. The predicted octanol–water partition coefficient (Wildman–Crippen LogP) is 4.89. The molecule has 0 radical (unpaired) electrons. The normalized spacial score (nSPS) is 27.7. The van der Waals surface area contributed by atoms with Crippen molar-refractivity contribution in [3.05, 3.63) is 107 Å². The fourth-order valence-corrected chi connectivity index (χ4v) is 8.50. The average molecular weight is 648 g/mol. The van der Waals surface area contributed by atoms with Crippen molar-refractivity contribution in [1.82, 2.24) is 0 Å². The van der Waals surface area contributed by atoms with Crippen LogP contribution < -0.4 is 16.2 Å². The van der Waals surface area contributed by atoms with Gasteiger partial charge in [0.05, 0.1) is 11.4 Å². The zero-order valence-electron chi connectivity index (χ0n) is 25.5. The summed E-state index contributed by atoms with van der Waals surface area (Å²) in [6, 6.07) is 22.0. The highest BCUT2D eigenvalue weighted by Crippen LogP contribution is 2.52. The summed E-state index contributed by atoms with van der Waals surface area (Å²) < 4.78 is 50.3. The molecule has 6 aliphatic rings. The minimum absolute atomic E-state index is 0.00907. The summed E-state index contributed by atoms with van der Waals surface area (Å²) in [5.74, 6) is -0.226. The molecule has 7 unspecified atom stereocenters. The Labute approximate surface area is 269 Å². The number of aryl methyl sites for hydroxylation is 1. The minimum Gasteiger partial charge on any atom is -0.508 e. The molecule has 1 saturated heterocycles. The Morgan fingerprint density at radius 3 is 2.26 bits per heavy atom. The van der Waals surface area contributed by atoms with Gasteiger partial charge in [-0.2, -0.15) is 8.42 Å². The highest BCUT2D eigenvalue weighted by molar-refractivity contribution is 7.86. The molecule has 11 heteroatoms. The van der Waals surface area contributed by atoms with E-state index in [-0.39, 0.29) is 42.7 Å². The Kier molecular flexibility index (Phi) is 9.37. The molecule has 0 amide bonds. The summed E-state index contributed by atoms with van der Waals surface area (Å²) >= 11 is 0. The maximum absolute atomic E-state index is 13.3. The van der Waals surface area contributed by atoms with Crippen LogP contribution in [0.3, 0.4) is 0 Å². The van der Waals surface area contributed by atoms with Crippen LogP contribution in [0, 0.1) is 11.8 Å². The number of benzene rings is 3. The fraction of sp³-hybridized carbons (Fsp3) is 0.400. The van der Waals surface area contributed by atoms with Crippen molar-refractivity contribution in [1.29, 1.82) is 0 Å². The van der Waals surface area contributed by atoms with Crippen LogP contribution in [0.5, 0.6) is 11.5 Å². The quantitative estimate of drug-likeness (QED) is 0.108. The van der Waals surface area contributed by atoms with Gasteiger partial charge in [0.15, 0.2) is 5.96 Å². The number of nitrogens with two attached hydrogens (primary N) is 2. The molecule has 0 spiro atoms. The van der Waals surface area contributed by atoms with Gasteiger partial charge in [0.1, 0.15) is 17.6 Å². The molecular formula is C35H41N3O7S. The monoisotopic (exact) mass is 647 g/mol. The van der Waals surface area contributed by atoms with Gasteiger partial charge in [-0.1, -0.05) is 54.6 Å². The molecule has 1 fully saturated rings. The van der Waals surface area contributed by atoms with Crippen LogP contribution in [0.15, 0.2) is 89.4 Å². The molecule has 5 heterocycles. The van der Waals surface area contributed by atoms with E-state index < -0.39 is 33.6 Å². The topological polar surface area (TPSA) is 178 Å². The smallest absolute Gasteiger partial charge is 0.268 e. The molecule has 244 valence electrons. The number of allylic oxidation sites excluding steroid dienone is 1. The van der Waals surface area contributed by atoms with Crippen LogP contribution in [0.2, 0.25) is 0 Å². The number of aromatic hydroxyl groups is 1. The zero-order chi connectivity index (χ0) is 32.4. The van der Waals surface area contributed by atoms with E-state index in [1.54, 1.807) is 24.3 Å². The van der Waals surface area contributed by atoms with Gasteiger partial charge in [-0.15, -0.1) is 0 Å². The summed E-state index contributed by atoms with van der Waals surface area (Å²) in [7, 11) is -4.48. The molecule has 7 N–H and O–H groups in total. The lowest BCUT2D eigenvalue weighted by atomic mass is 9.66. The number of phenolic OH excluding ortho intramolecular Hbond substituents is 1. The number of aliphatic hydroxyl groups is 1. The van der Waals surface area contributed by atoms with Crippen LogP contribution in [0.1, 0.15) is 72.6 Å². The third-order valence-electron chi connectivity index (χ3n) is 9.51. The third-order valence-corrected chi connectivity index (χ3v) is 10.8. The summed E-state index contributed by atoms with van der Waals surface area (Å²) in [5, 5.41) is 18.6. The number of hydrogen-bond acceptors (Lipinski definition) is 7. The lowest BCUT2D eigenvalue weighted by Gasteiger charge is -2.40. The molecule has 10 nitrogen and oxygen atoms in total. The number of rotatable bonds is 6. The number of hydrogen-bond donors (Lipinski definition) is 5. The van der Waals surface area contributed by atoms with Gasteiger partial charge in [0.2, 0.25) is 6.23 Å². The maximum atomic E-state index is 13.3. The number of ether oxygens (including phenoxy) is 2. The van der Waals surface area contributed by atoms with E-state index in [9.17, 15) is 23.2 Å². The molecular weight excluding hydrogens is 606 g/mol. The first kappa shape index (κ1) is 32.1. The van der Waals surface area contributed by atoms with Crippen LogP contribution in [-0.2, 0) is 21.3 Å². The molecule has 0 aromatic heterocycles. The zero-order valence-corrected chi connectivity index (χ0v) is 26.3. The first-order valence-electron chi connectivity index (χ1n) is 15.8. The minimum atomic E-state index is -4.48. The Hall–Kier alpha value is -3.90. The first-order valence-corrected chi connectivity index (χ1v) is 17.3. The van der Waals surface area contributed by atoms with Gasteiger partial charge in [0.25, 0.3) is 10.1 Å². The van der Waals surface area contributed by atoms with Gasteiger partial charge < -0.3 is 31.2 Å². The molecule has 5 aliphatic heterocycles. The standard InChI is InChI=1S/C35H41N3O7S/c36-35(37)38-34-24-8-6-22(7-9-24)32-25-18-26(33(23-10-12-27(40)13-11-23)44-29(19-25)2-1-17-39)20-30(32)31(46(41,42)43)16-5-21-3-14-28(45-34)15-4-21/h3-4,6-15,20,25,29-34,39-40H,1-2,5,16-19H2,(H4,36,37,38)(H,41,42,43). The van der Waals surface area contributed by atoms with E-state index >= 15 is 0 Å². The lowest BCUT2D eigenvalue weighted by molar-refractivity contribution is -0.00268. The van der Waals surface area contributed by atoms with Crippen molar-refractivity contribution in [2.24, 2.45) is 28.3 Å².